The summed E-state index contributed by atoms with van der Waals surface area (Å²) in [6, 6.07) is 14.3. The third kappa shape index (κ3) is 5.31. The molecule has 6 nitrogen and oxygen atoms in total. The standard InChI is InChI=1S/C27H34BNO5/c1-25(2,3)32-24(30)29-16-18-9-8-10-19(13-18)20-11-12-23-22(14-20)21(17-31-23)15-28-33-26(4,5)27(6,7)34-28/h8-14,17H,15-16H2,1-7H3,(H,29,30). The molecule has 0 saturated carbocycles. The van der Waals surface area contributed by atoms with Crippen molar-refractivity contribution in [1.82, 2.24) is 5.32 Å². The van der Waals surface area contributed by atoms with Crippen LogP contribution in [0, 0.1) is 0 Å². The van der Waals surface area contributed by atoms with E-state index in [9.17, 15) is 4.79 Å². The Morgan fingerprint density at radius 2 is 1.68 bits per heavy atom. The Morgan fingerprint density at radius 3 is 2.35 bits per heavy atom. The molecule has 4 rings (SSSR count). The summed E-state index contributed by atoms with van der Waals surface area (Å²) in [6.45, 7) is 14.2. The Balaban J connectivity index is 1.51. The molecule has 1 N–H and O–H groups in total. The van der Waals surface area contributed by atoms with Crippen LogP contribution in [0.5, 0.6) is 0 Å². The van der Waals surface area contributed by atoms with Gasteiger partial charge in [-0.15, -0.1) is 0 Å². The molecule has 2 aromatic carbocycles. The van der Waals surface area contributed by atoms with Crippen LogP contribution in [0.2, 0.25) is 0 Å². The van der Waals surface area contributed by atoms with Gasteiger partial charge >= 0.3 is 13.2 Å². The zero-order valence-corrected chi connectivity index (χ0v) is 21.2. The zero-order valence-electron chi connectivity index (χ0n) is 21.2. The van der Waals surface area contributed by atoms with Crippen molar-refractivity contribution < 1.29 is 23.3 Å². The first kappa shape index (κ1) is 24.4. The van der Waals surface area contributed by atoms with Gasteiger partial charge in [0.05, 0.1) is 17.5 Å². The Hall–Kier alpha value is -2.77. The minimum atomic E-state index is -0.524. The second-order valence-electron chi connectivity index (χ2n) is 10.9. The first-order chi connectivity index (χ1) is 15.8. The molecule has 0 bridgehead atoms. The Kier molecular flexibility index (Phi) is 6.30. The van der Waals surface area contributed by atoms with E-state index in [0.29, 0.717) is 12.9 Å². The molecule has 180 valence electrons. The maximum absolute atomic E-state index is 12.0. The van der Waals surface area contributed by atoms with Crippen LogP contribution in [0.1, 0.15) is 59.6 Å². The minimum Gasteiger partial charge on any atom is -0.464 e. The highest BCUT2D eigenvalue weighted by Crippen LogP contribution is 2.38. The van der Waals surface area contributed by atoms with Gasteiger partial charge in [0, 0.05) is 18.3 Å². The Morgan fingerprint density at radius 1 is 1.00 bits per heavy atom. The summed E-state index contributed by atoms with van der Waals surface area (Å²) in [5.41, 5.74) is 3.76. The maximum Gasteiger partial charge on any atom is 0.462 e. The number of rotatable bonds is 5. The molecular formula is C27H34BNO5. The lowest BCUT2D eigenvalue weighted by molar-refractivity contribution is 0.00578. The van der Waals surface area contributed by atoms with Crippen molar-refractivity contribution in [2.75, 3.05) is 0 Å². The molecule has 34 heavy (non-hydrogen) atoms. The number of alkyl carbamates (subject to hydrolysis) is 1. The van der Waals surface area contributed by atoms with Crippen LogP contribution in [0.25, 0.3) is 22.1 Å². The first-order valence-corrected chi connectivity index (χ1v) is 11.7. The van der Waals surface area contributed by atoms with Gasteiger partial charge in [-0.3, -0.25) is 0 Å². The highest BCUT2D eigenvalue weighted by atomic mass is 16.7. The number of fused-ring (bicyclic) bond motifs is 1. The fourth-order valence-electron chi connectivity index (χ4n) is 4.00. The van der Waals surface area contributed by atoms with Crippen molar-refractivity contribution in [3.8, 4) is 11.1 Å². The van der Waals surface area contributed by atoms with E-state index in [2.05, 4.69) is 51.2 Å². The van der Waals surface area contributed by atoms with Crippen LogP contribution in [0.4, 0.5) is 4.79 Å². The molecular weight excluding hydrogens is 429 g/mol. The second-order valence-corrected chi connectivity index (χ2v) is 10.9. The lowest BCUT2D eigenvalue weighted by Gasteiger charge is -2.32. The van der Waals surface area contributed by atoms with Crippen molar-refractivity contribution in [2.24, 2.45) is 0 Å². The fourth-order valence-corrected chi connectivity index (χ4v) is 4.00. The van der Waals surface area contributed by atoms with E-state index >= 15 is 0 Å². The quantitative estimate of drug-likeness (QED) is 0.450. The van der Waals surface area contributed by atoms with Gasteiger partial charge in [0.15, 0.2) is 0 Å². The topological polar surface area (TPSA) is 69.9 Å². The van der Waals surface area contributed by atoms with E-state index in [1.54, 1.807) is 6.26 Å². The molecule has 0 aliphatic carbocycles. The molecule has 1 aromatic heterocycles. The van der Waals surface area contributed by atoms with E-state index in [1.807, 2.05) is 45.0 Å². The summed E-state index contributed by atoms with van der Waals surface area (Å²) in [4.78, 5) is 12.0. The zero-order chi connectivity index (χ0) is 24.7. The highest BCUT2D eigenvalue weighted by molar-refractivity contribution is 6.45. The number of amides is 1. The lowest BCUT2D eigenvalue weighted by atomic mass is 9.80. The molecule has 3 aromatic rings. The van der Waals surface area contributed by atoms with Crippen molar-refractivity contribution in [3.63, 3.8) is 0 Å². The molecule has 7 heteroatoms. The van der Waals surface area contributed by atoms with E-state index in [0.717, 1.165) is 33.2 Å². The predicted octanol–water partition coefficient (Wildman–Crippen LogP) is 6.30. The molecule has 2 heterocycles. The van der Waals surface area contributed by atoms with Crippen LogP contribution in [0.3, 0.4) is 0 Å². The summed E-state index contributed by atoms with van der Waals surface area (Å²) in [7, 11) is -0.322. The normalized spacial score (nSPS) is 17.2. The third-order valence-corrected chi connectivity index (χ3v) is 6.44. The number of ether oxygens (including phenoxy) is 1. The molecule has 1 amide bonds. The van der Waals surface area contributed by atoms with Crippen molar-refractivity contribution in [1.29, 1.82) is 0 Å². The Labute approximate surface area is 202 Å². The number of furan rings is 1. The molecule has 1 aliphatic heterocycles. The van der Waals surface area contributed by atoms with E-state index in [4.69, 9.17) is 18.5 Å². The maximum atomic E-state index is 12.0. The van der Waals surface area contributed by atoms with E-state index < -0.39 is 11.7 Å². The van der Waals surface area contributed by atoms with Gasteiger partial charge in [-0.25, -0.2) is 4.79 Å². The smallest absolute Gasteiger partial charge is 0.462 e. The van der Waals surface area contributed by atoms with Crippen LogP contribution < -0.4 is 5.32 Å². The molecule has 1 saturated heterocycles. The largest absolute Gasteiger partial charge is 0.464 e. The van der Waals surface area contributed by atoms with Gasteiger partial charge in [-0.1, -0.05) is 24.3 Å². The number of hydrogen-bond acceptors (Lipinski definition) is 5. The van der Waals surface area contributed by atoms with Crippen molar-refractivity contribution in [3.05, 3.63) is 59.9 Å². The highest BCUT2D eigenvalue weighted by Gasteiger charge is 2.51. The van der Waals surface area contributed by atoms with Crippen LogP contribution in [-0.4, -0.2) is 30.0 Å². The summed E-state index contributed by atoms with van der Waals surface area (Å²) in [5, 5.41) is 3.86. The summed E-state index contributed by atoms with van der Waals surface area (Å²) in [6.07, 6.45) is 1.98. The van der Waals surface area contributed by atoms with Gasteiger partial charge in [0.25, 0.3) is 0 Å². The molecule has 0 radical (unpaired) electrons. The van der Waals surface area contributed by atoms with Gasteiger partial charge in [-0.05, 0) is 88.9 Å². The van der Waals surface area contributed by atoms with Gasteiger partial charge in [-0.2, -0.15) is 0 Å². The van der Waals surface area contributed by atoms with Crippen LogP contribution in [0.15, 0.2) is 53.1 Å². The van der Waals surface area contributed by atoms with Crippen LogP contribution in [-0.2, 0) is 26.9 Å². The average Bonchev–Trinajstić information content (AvgIpc) is 3.21. The average molecular weight is 463 g/mol. The molecule has 1 fully saturated rings. The molecule has 0 spiro atoms. The number of hydrogen-bond donors (Lipinski definition) is 1. The third-order valence-electron chi connectivity index (χ3n) is 6.44. The van der Waals surface area contributed by atoms with Crippen molar-refractivity contribution in [2.45, 2.75) is 78.1 Å². The van der Waals surface area contributed by atoms with Crippen LogP contribution >= 0.6 is 0 Å². The number of carbonyl (C=O) groups excluding carboxylic acids is 1. The predicted molar refractivity (Wildman–Crippen MR) is 135 cm³/mol. The number of nitrogens with one attached hydrogen (secondary N) is 1. The minimum absolute atomic E-state index is 0.322. The lowest BCUT2D eigenvalue weighted by Crippen LogP contribution is -2.41. The number of benzene rings is 2. The molecule has 0 unspecified atom stereocenters. The summed E-state index contributed by atoms with van der Waals surface area (Å²) in [5.74, 6) is 0. The SMILES string of the molecule is CC(C)(C)OC(=O)NCc1cccc(-c2ccc3occ(CB4OC(C)(C)C(C)(C)O4)c3c2)c1. The van der Waals surface area contributed by atoms with Gasteiger partial charge < -0.3 is 23.8 Å². The van der Waals surface area contributed by atoms with Gasteiger partial charge in [0.2, 0.25) is 0 Å². The van der Waals surface area contributed by atoms with E-state index in [1.165, 1.54) is 0 Å². The summed E-state index contributed by atoms with van der Waals surface area (Å²) >= 11 is 0. The van der Waals surface area contributed by atoms with E-state index in [-0.39, 0.29) is 18.3 Å². The van der Waals surface area contributed by atoms with Gasteiger partial charge in [0.1, 0.15) is 11.2 Å². The molecule has 0 atom stereocenters. The number of carbonyl (C=O) groups is 1. The Bertz CT molecular complexity index is 1180. The second kappa shape index (κ2) is 8.79. The molecule has 1 aliphatic rings. The summed E-state index contributed by atoms with van der Waals surface area (Å²) < 4.78 is 23.5. The monoisotopic (exact) mass is 463 g/mol. The first-order valence-electron chi connectivity index (χ1n) is 11.7. The van der Waals surface area contributed by atoms with Crippen molar-refractivity contribution >= 4 is 24.2 Å². The fraction of sp³-hybridized carbons (Fsp3) is 0.444.